The predicted octanol–water partition coefficient (Wildman–Crippen LogP) is 0.907. The zero-order valence-electron chi connectivity index (χ0n) is 4.69. The number of amides is 1. The summed E-state index contributed by atoms with van der Waals surface area (Å²) < 4.78 is 0. The Morgan fingerprint density at radius 3 is 2.75 bits per heavy atom. The zero-order valence-corrected chi connectivity index (χ0v) is 6.28. The summed E-state index contributed by atoms with van der Waals surface area (Å²) in [6, 6.07) is 0. The van der Waals surface area contributed by atoms with Crippen LogP contribution in [0, 0.1) is 0 Å². The molecule has 1 amide bonds. The SMILES string of the molecule is O=CNCCCCBr. The van der Waals surface area contributed by atoms with E-state index < -0.39 is 0 Å². The fourth-order valence-electron chi connectivity index (χ4n) is 0.380. The number of rotatable bonds is 5. The third-order valence-electron chi connectivity index (χ3n) is 0.788. The van der Waals surface area contributed by atoms with Gasteiger partial charge >= 0.3 is 0 Å². The molecule has 3 heteroatoms. The number of nitrogens with one attached hydrogen (secondary N) is 1. The van der Waals surface area contributed by atoms with E-state index in [0.717, 1.165) is 31.1 Å². The number of halogens is 1. The number of hydrogen-bond acceptors (Lipinski definition) is 1. The maximum absolute atomic E-state index is 9.65. The average Bonchev–Trinajstić information content (AvgIpc) is 1.81. The smallest absolute Gasteiger partial charge is 0.207 e. The van der Waals surface area contributed by atoms with Crippen LogP contribution < -0.4 is 5.32 Å². The van der Waals surface area contributed by atoms with Crippen molar-refractivity contribution in [3.05, 3.63) is 0 Å². The molecule has 0 aromatic heterocycles. The van der Waals surface area contributed by atoms with Gasteiger partial charge in [-0.2, -0.15) is 0 Å². The summed E-state index contributed by atoms with van der Waals surface area (Å²) in [5.74, 6) is 0. The van der Waals surface area contributed by atoms with E-state index in [1.807, 2.05) is 0 Å². The highest BCUT2D eigenvalue weighted by atomic mass is 79.9. The molecule has 8 heavy (non-hydrogen) atoms. The maximum atomic E-state index is 9.65. The van der Waals surface area contributed by atoms with Gasteiger partial charge in [-0.15, -0.1) is 0 Å². The number of unbranched alkanes of at least 4 members (excludes halogenated alkanes) is 1. The number of hydrogen-bond donors (Lipinski definition) is 1. The van der Waals surface area contributed by atoms with Crippen LogP contribution in [0.3, 0.4) is 0 Å². The van der Waals surface area contributed by atoms with E-state index in [-0.39, 0.29) is 0 Å². The molecule has 0 bridgehead atoms. The summed E-state index contributed by atoms with van der Waals surface area (Å²) in [5, 5.41) is 3.60. The van der Waals surface area contributed by atoms with Crippen molar-refractivity contribution in [3.63, 3.8) is 0 Å². The van der Waals surface area contributed by atoms with Crippen molar-refractivity contribution < 1.29 is 4.79 Å². The van der Waals surface area contributed by atoms with Gasteiger partial charge in [0.1, 0.15) is 0 Å². The maximum Gasteiger partial charge on any atom is 0.207 e. The van der Waals surface area contributed by atoms with Crippen LogP contribution in [0.25, 0.3) is 0 Å². The van der Waals surface area contributed by atoms with Crippen LogP contribution >= 0.6 is 15.9 Å². The molecule has 0 saturated carbocycles. The quantitative estimate of drug-likeness (QED) is 0.380. The predicted molar refractivity (Wildman–Crippen MR) is 37.1 cm³/mol. The van der Waals surface area contributed by atoms with Gasteiger partial charge in [-0.3, -0.25) is 4.79 Å². The van der Waals surface area contributed by atoms with Gasteiger partial charge in [0.25, 0.3) is 0 Å². The summed E-state index contributed by atoms with van der Waals surface area (Å²) in [5.41, 5.74) is 0. The molecule has 0 aliphatic heterocycles. The number of alkyl halides is 1. The highest BCUT2D eigenvalue weighted by molar-refractivity contribution is 9.09. The molecule has 0 spiro atoms. The van der Waals surface area contributed by atoms with E-state index in [1.165, 1.54) is 0 Å². The van der Waals surface area contributed by atoms with Crippen LogP contribution in [-0.4, -0.2) is 18.3 Å². The fourth-order valence-corrected chi connectivity index (χ4v) is 0.777. The van der Waals surface area contributed by atoms with Gasteiger partial charge in [-0.05, 0) is 12.8 Å². The first kappa shape index (κ1) is 7.95. The van der Waals surface area contributed by atoms with Gasteiger partial charge < -0.3 is 5.32 Å². The van der Waals surface area contributed by atoms with Crippen molar-refractivity contribution >= 4 is 22.3 Å². The molecule has 0 aliphatic carbocycles. The topological polar surface area (TPSA) is 29.1 Å². The molecule has 48 valence electrons. The third-order valence-corrected chi connectivity index (χ3v) is 1.35. The van der Waals surface area contributed by atoms with Crippen molar-refractivity contribution in [2.24, 2.45) is 0 Å². The van der Waals surface area contributed by atoms with E-state index >= 15 is 0 Å². The number of carbonyl (C=O) groups is 1. The monoisotopic (exact) mass is 179 g/mol. The number of carbonyl (C=O) groups excluding carboxylic acids is 1. The molecule has 0 heterocycles. The highest BCUT2D eigenvalue weighted by Crippen LogP contribution is 1.90. The Balaban J connectivity index is 2.62. The second kappa shape index (κ2) is 6.95. The molecule has 0 fully saturated rings. The van der Waals surface area contributed by atoms with Crippen LogP contribution in [0.5, 0.6) is 0 Å². The average molecular weight is 180 g/mol. The summed E-state index contributed by atoms with van der Waals surface area (Å²) in [7, 11) is 0. The Labute approximate surface area is 57.8 Å². The molecule has 1 N–H and O–H groups in total. The molecule has 0 aromatic carbocycles. The van der Waals surface area contributed by atoms with Crippen molar-refractivity contribution in [2.45, 2.75) is 12.8 Å². The molecule has 0 aliphatic rings. The fraction of sp³-hybridized carbons (Fsp3) is 0.800. The molecule has 0 radical (unpaired) electrons. The van der Waals surface area contributed by atoms with Gasteiger partial charge in [-0.25, -0.2) is 0 Å². The molecule has 0 aromatic rings. The van der Waals surface area contributed by atoms with Crippen LogP contribution in [0.15, 0.2) is 0 Å². The molecule has 0 unspecified atom stereocenters. The second-order valence-electron chi connectivity index (χ2n) is 1.47. The summed E-state index contributed by atoms with van der Waals surface area (Å²) >= 11 is 3.29. The van der Waals surface area contributed by atoms with Crippen LogP contribution in [-0.2, 0) is 4.79 Å². The largest absolute Gasteiger partial charge is 0.359 e. The van der Waals surface area contributed by atoms with Crippen molar-refractivity contribution in [2.75, 3.05) is 11.9 Å². The van der Waals surface area contributed by atoms with E-state index in [4.69, 9.17) is 0 Å². The molecule has 2 nitrogen and oxygen atoms in total. The lowest BCUT2D eigenvalue weighted by Gasteiger charge is -1.93. The van der Waals surface area contributed by atoms with Gasteiger partial charge in [0.2, 0.25) is 6.41 Å². The van der Waals surface area contributed by atoms with Gasteiger partial charge in [0.15, 0.2) is 0 Å². The molecular formula is C5H10BrNO. The molecular weight excluding hydrogens is 170 g/mol. The minimum atomic E-state index is 0.730. The summed E-state index contributed by atoms with van der Waals surface area (Å²) in [6.45, 7) is 0.801. The van der Waals surface area contributed by atoms with Crippen LogP contribution in [0.1, 0.15) is 12.8 Å². The van der Waals surface area contributed by atoms with Gasteiger partial charge in [0.05, 0.1) is 0 Å². The van der Waals surface area contributed by atoms with Gasteiger partial charge in [0, 0.05) is 11.9 Å². The Bertz CT molecular complexity index is 58.4. The Kier molecular flexibility index (Phi) is 6.91. The van der Waals surface area contributed by atoms with Crippen molar-refractivity contribution in [3.8, 4) is 0 Å². The molecule has 0 saturated heterocycles. The van der Waals surface area contributed by atoms with Crippen molar-refractivity contribution in [1.29, 1.82) is 0 Å². The summed E-state index contributed by atoms with van der Waals surface area (Å²) in [6.07, 6.45) is 2.92. The normalized spacial score (nSPS) is 8.62. The highest BCUT2D eigenvalue weighted by Gasteiger charge is 1.81. The lowest BCUT2D eigenvalue weighted by Crippen LogP contribution is -2.11. The lowest BCUT2D eigenvalue weighted by molar-refractivity contribution is -0.109. The van der Waals surface area contributed by atoms with E-state index in [9.17, 15) is 4.79 Å². The zero-order chi connectivity index (χ0) is 6.24. The van der Waals surface area contributed by atoms with E-state index in [1.54, 1.807) is 0 Å². The van der Waals surface area contributed by atoms with Crippen molar-refractivity contribution in [1.82, 2.24) is 5.32 Å². The Morgan fingerprint density at radius 2 is 2.25 bits per heavy atom. The summed E-state index contributed by atoms with van der Waals surface area (Å²) in [4.78, 5) is 9.65. The minimum Gasteiger partial charge on any atom is -0.359 e. The standard InChI is InChI=1S/C5H10BrNO/c6-3-1-2-4-7-5-8/h5H,1-4H2,(H,7,8). The first-order valence-corrected chi connectivity index (χ1v) is 3.77. The first-order valence-electron chi connectivity index (χ1n) is 2.65. The first-order chi connectivity index (χ1) is 3.91. The second-order valence-corrected chi connectivity index (χ2v) is 2.26. The lowest BCUT2D eigenvalue weighted by atomic mass is 10.3. The van der Waals surface area contributed by atoms with Gasteiger partial charge in [-0.1, -0.05) is 15.9 Å². The van der Waals surface area contributed by atoms with E-state index in [0.29, 0.717) is 0 Å². The minimum absolute atomic E-state index is 0.730. The van der Waals surface area contributed by atoms with E-state index in [2.05, 4.69) is 21.2 Å². The molecule has 0 atom stereocenters. The third kappa shape index (κ3) is 5.95. The van der Waals surface area contributed by atoms with Crippen LogP contribution in [0.4, 0.5) is 0 Å². The molecule has 0 rings (SSSR count). The Hall–Kier alpha value is -0.0500. The Morgan fingerprint density at radius 1 is 1.50 bits per heavy atom. The van der Waals surface area contributed by atoms with Crippen LogP contribution in [0.2, 0.25) is 0 Å².